The van der Waals surface area contributed by atoms with Crippen molar-refractivity contribution in [1.29, 1.82) is 0 Å². The van der Waals surface area contributed by atoms with E-state index in [0.29, 0.717) is 12.4 Å². The predicted octanol–water partition coefficient (Wildman–Crippen LogP) is 1.75. The fourth-order valence-corrected chi connectivity index (χ4v) is 1.12. The Balaban J connectivity index is 2.77. The average Bonchev–Trinajstić information content (AvgIpc) is 2.26. The molecule has 0 bridgehead atoms. The number of hydrogen-bond acceptors (Lipinski definition) is 3. The summed E-state index contributed by atoms with van der Waals surface area (Å²) in [6.45, 7) is 2.43. The second kappa shape index (κ2) is 5.70. The highest BCUT2D eigenvalue weighted by molar-refractivity contribution is 6.38. The van der Waals surface area contributed by atoms with Gasteiger partial charge in [-0.3, -0.25) is 4.79 Å². The molecule has 0 heterocycles. The number of ether oxygens (including phenoxy) is 1. The molecule has 0 saturated carbocycles. The van der Waals surface area contributed by atoms with Gasteiger partial charge in [-0.1, -0.05) is 18.2 Å². The summed E-state index contributed by atoms with van der Waals surface area (Å²) < 4.78 is 5.27. The maximum Gasteiger partial charge on any atom is 0.376 e. The first-order valence-corrected chi connectivity index (χ1v) is 4.81. The summed E-state index contributed by atoms with van der Waals surface area (Å²) in [7, 11) is 0. The lowest BCUT2D eigenvalue weighted by Crippen LogP contribution is -2.08. The number of hydrogen-bond donors (Lipinski definition) is 1. The highest BCUT2D eigenvalue weighted by atomic mass is 16.5. The van der Waals surface area contributed by atoms with Crippen LogP contribution in [0.25, 0.3) is 6.08 Å². The standard InChI is InChI=1S/C12H12O4/c1-2-16-10-5-3-4-9(8-10)6-7-11(13)12(14)15/h3-8H,2H2,1H3,(H,14,15)/b7-6+. The molecular weight excluding hydrogens is 208 g/mol. The Morgan fingerprint density at radius 2 is 2.19 bits per heavy atom. The van der Waals surface area contributed by atoms with Crippen LogP contribution in [-0.4, -0.2) is 23.5 Å². The second-order valence-electron chi connectivity index (χ2n) is 3.01. The molecule has 1 aromatic carbocycles. The van der Waals surface area contributed by atoms with E-state index >= 15 is 0 Å². The third-order valence-electron chi connectivity index (χ3n) is 1.81. The monoisotopic (exact) mass is 220 g/mol. The van der Waals surface area contributed by atoms with Gasteiger partial charge in [0, 0.05) is 0 Å². The van der Waals surface area contributed by atoms with Gasteiger partial charge in [-0.25, -0.2) is 4.79 Å². The van der Waals surface area contributed by atoms with Crippen LogP contribution >= 0.6 is 0 Å². The lowest BCUT2D eigenvalue weighted by atomic mass is 10.2. The van der Waals surface area contributed by atoms with E-state index in [4.69, 9.17) is 9.84 Å². The summed E-state index contributed by atoms with van der Waals surface area (Å²) in [4.78, 5) is 21.1. The van der Waals surface area contributed by atoms with E-state index in [1.165, 1.54) is 6.08 Å². The summed E-state index contributed by atoms with van der Waals surface area (Å²) in [5.74, 6) is -1.72. The van der Waals surface area contributed by atoms with Gasteiger partial charge in [0.2, 0.25) is 0 Å². The van der Waals surface area contributed by atoms with Gasteiger partial charge in [0.25, 0.3) is 5.78 Å². The van der Waals surface area contributed by atoms with Crippen LogP contribution in [-0.2, 0) is 9.59 Å². The molecule has 0 fully saturated rings. The number of rotatable bonds is 5. The minimum atomic E-state index is -1.46. The molecule has 0 aliphatic carbocycles. The molecular formula is C12H12O4. The number of carboxylic acids is 1. The third-order valence-corrected chi connectivity index (χ3v) is 1.81. The Bertz CT molecular complexity index is 421. The number of ketones is 1. The van der Waals surface area contributed by atoms with Gasteiger partial charge >= 0.3 is 5.97 Å². The van der Waals surface area contributed by atoms with E-state index < -0.39 is 11.8 Å². The largest absolute Gasteiger partial charge is 0.494 e. The van der Waals surface area contributed by atoms with E-state index in [0.717, 1.165) is 11.6 Å². The van der Waals surface area contributed by atoms with Gasteiger partial charge in [-0.15, -0.1) is 0 Å². The first kappa shape index (κ1) is 12.0. The van der Waals surface area contributed by atoms with Crippen molar-refractivity contribution in [2.45, 2.75) is 6.92 Å². The molecule has 16 heavy (non-hydrogen) atoms. The molecule has 4 heteroatoms. The van der Waals surface area contributed by atoms with Crippen LogP contribution in [0.2, 0.25) is 0 Å². The summed E-state index contributed by atoms with van der Waals surface area (Å²) >= 11 is 0. The number of carbonyl (C=O) groups excluding carboxylic acids is 1. The number of benzene rings is 1. The van der Waals surface area contributed by atoms with Crippen molar-refractivity contribution in [2.75, 3.05) is 6.61 Å². The van der Waals surface area contributed by atoms with Crippen molar-refractivity contribution < 1.29 is 19.4 Å². The van der Waals surface area contributed by atoms with Gasteiger partial charge in [0.15, 0.2) is 0 Å². The fourth-order valence-electron chi connectivity index (χ4n) is 1.12. The summed E-state index contributed by atoms with van der Waals surface area (Å²) in [5.41, 5.74) is 0.723. The normalized spacial score (nSPS) is 10.3. The minimum absolute atomic E-state index is 0.557. The number of carbonyl (C=O) groups is 2. The minimum Gasteiger partial charge on any atom is -0.494 e. The molecule has 1 N–H and O–H groups in total. The van der Waals surface area contributed by atoms with Gasteiger partial charge in [-0.2, -0.15) is 0 Å². The summed E-state index contributed by atoms with van der Waals surface area (Å²) in [6.07, 6.45) is 2.46. The van der Waals surface area contributed by atoms with Crippen LogP contribution in [0.5, 0.6) is 5.75 Å². The molecule has 0 aromatic heterocycles. The highest BCUT2D eigenvalue weighted by Gasteiger charge is 2.05. The molecule has 0 aliphatic rings. The Hall–Kier alpha value is -2.10. The number of aliphatic carboxylic acids is 1. The lowest BCUT2D eigenvalue weighted by molar-refractivity contribution is -0.146. The van der Waals surface area contributed by atoms with Crippen molar-refractivity contribution in [1.82, 2.24) is 0 Å². The Morgan fingerprint density at radius 3 is 2.81 bits per heavy atom. The van der Waals surface area contributed by atoms with Crippen LogP contribution in [0.15, 0.2) is 30.3 Å². The predicted molar refractivity (Wildman–Crippen MR) is 59.3 cm³/mol. The molecule has 4 nitrogen and oxygen atoms in total. The maximum atomic E-state index is 10.8. The van der Waals surface area contributed by atoms with E-state index in [9.17, 15) is 9.59 Å². The zero-order chi connectivity index (χ0) is 12.0. The van der Waals surface area contributed by atoms with Crippen LogP contribution in [0.1, 0.15) is 12.5 Å². The topological polar surface area (TPSA) is 63.6 Å². The van der Waals surface area contributed by atoms with Crippen molar-refractivity contribution in [2.24, 2.45) is 0 Å². The van der Waals surface area contributed by atoms with Gasteiger partial charge in [0.1, 0.15) is 5.75 Å². The smallest absolute Gasteiger partial charge is 0.376 e. The maximum absolute atomic E-state index is 10.8. The van der Waals surface area contributed by atoms with Crippen LogP contribution < -0.4 is 4.74 Å². The Kier molecular flexibility index (Phi) is 4.27. The van der Waals surface area contributed by atoms with Gasteiger partial charge in [-0.05, 0) is 30.7 Å². The van der Waals surface area contributed by atoms with Crippen molar-refractivity contribution >= 4 is 17.8 Å². The van der Waals surface area contributed by atoms with Crippen molar-refractivity contribution in [3.05, 3.63) is 35.9 Å². The van der Waals surface area contributed by atoms with E-state index in [-0.39, 0.29) is 0 Å². The summed E-state index contributed by atoms with van der Waals surface area (Å²) in [5, 5.41) is 8.37. The summed E-state index contributed by atoms with van der Waals surface area (Å²) in [6, 6.07) is 7.05. The average molecular weight is 220 g/mol. The molecule has 1 aromatic rings. The molecule has 0 radical (unpaired) electrons. The van der Waals surface area contributed by atoms with Gasteiger partial charge < -0.3 is 9.84 Å². The van der Waals surface area contributed by atoms with E-state index in [1.54, 1.807) is 24.3 Å². The van der Waals surface area contributed by atoms with Crippen molar-refractivity contribution in [3.63, 3.8) is 0 Å². The highest BCUT2D eigenvalue weighted by Crippen LogP contribution is 2.14. The Labute approximate surface area is 93.2 Å². The van der Waals surface area contributed by atoms with E-state index in [1.807, 2.05) is 6.92 Å². The quantitative estimate of drug-likeness (QED) is 0.606. The lowest BCUT2D eigenvalue weighted by Gasteiger charge is -2.02. The molecule has 0 amide bonds. The second-order valence-corrected chi connectivity index (χ2v) is 3.01. The zero-order valence-electron chi connectivity index (χ0n) is 8.84. The van der Waals surface area contributed by atoms with Crippen LogP contribution in [0.4, 0.5) is 0 Å². The zero-order valence-corrected chi connectivity index (χ0v) is 8.84. The van der Waals surface area contributed by atoms with Crippen LogP contribution in [0.3, 0.4) is 0 Å². The van der Waals surface area contributed by atoms with Crippen LogP contribution in [0, 0.1) is 0 Å². The molecule has 0 atom stereocenters. The molecule has 84 valence electrons. The van der Waals surface area contributed by atoms with Crippen molar-refractivity contribution in [3.8, 4) is 5.75 Å². The van der Waals surface area contributed by atoms with E-state index in [2.05, 4.69) is 0 Å². The number of carboxylic acid groups (broad SMARTS) is 1. The first-order valence-electron chi connectivity index (χ1n) is 4.81. The SMILES string of the molecule is CCOc1cccc(/C=C/C(=O)C(=O)O)c1. The first-order chi connectivity index (χ1) is 7.63. The molecule has 0 aliphatic heterocycles. The molecule has 0 spiro atoms. The molecule has 0 unspecified atom stereocenters. The Morgan fingerprint density at radius 1 is 1.44 bits per heavy atom. The molecule has 1 rings (SSSR count). The molecule has 0 saturated heterocycles. The third kappa shape index (κ3) is 3.57. The fraction of sp³-hybridized carbons (Fsp3) is 0.167. The van der Waals surface area contributed by atoms with Gasteiger partial charge in [0.05, 0.1) is 6.61 Å².